The first-order valence-electron chi connectivity index (χ1n) is 8.94. The van der Waals surface area contributed by atoms with Gasteiger partial charge in [0.1, 0.15) is 0 Å². The number of esters is 1. The van der Waals surface area contributed by atoms with Crippen LogP contribution in [-0.2, 0) is 16.1 Å². The Bertz CT molecular complexity index is 971. The van der Waals surface area contributed by atoms with Gasteiger partial charge in [-0.15, -0.1) is 0 Å². The molecule has 3 rings (SSSR count). The van der Waals surface area contributed by atoms with Gasteiger partial charge in [0, 0.05) is 42.9 Å². The van der Waals surface area contributed by atoms with E-state index >= 15 is 0 Å². The second-order valence-corrected chi connectivity index (χ2v) is 6.52. The number of nitro groups is 1. The van der Waals surface area contributed by atoms with Crippen LogP contribution >= 0.6 is 0 Å². The van der Waals surface area contributed by atoms with Crippen LogP contribution < -0.4 is 10.2 Å². The maximum absolute atomic E-state index is 12.4. The fourth-order valence-corrected chi connectivity index (χ4v) is 3.08. The summed E-state index contributed by atoms with van der Waals surface area (Å²) in [5.41, 5.74) is 1.14. The van der Waals surface area contributed by atoms with Gasteiger partial charge in [-0.05, 0) is 30.2 Å². The van der Waals surface area contributed by atoms with Crippen molar-refractivity contribution in [1.82, 2.24) is 5.32 Å². The average molecular weight is 397 g/mol. The third-order valence-electron chi connectivity index (χ3n) is 4.59. The minimum absolute atomic E-state index is 0.0149. The molecule has 9 nitrogen and oxygen atoms in total. The summed E-state index contributed by atoms with van der Waals surface area (Å²) in [6, 6.07) is 10.6. The first kappa shape index (κ1) is 20.0. The number of nitrogens with one attached hydrogen (secondary N) is 1. The highest BCUT2D eigenvalue weighted by Gasteiger charge is 2.21. The minimum atomic E-state index is -0.769. The lowest BCUT2D eigenvalue weighted by molar-refractivity contribution is -0.384. The van der Waals surface area contributed by atoms with Crippen molar-refractivity contribution in [3.63, 3.8) is 0 Å². The lowest BCUT2D eigenvalue weighted by atomic mass is 10.1. The monoisotopic (exact) mass is 397 g/mol. The molecule has 9 heteroatoms. The van der Waals surface area contributed by atoms with E-state index < -0.39 is 16.8 Å². The molecule has 1 aliphatic heterocycles. The number of carbonyl (C=O) groups is 3. The van der Waals surface area contributed by atoms with Crippen LogP contribution in [0.3, 0.4) is 0 Å². The second kappa shape index (κ2) is 8.51. The lowest BCUT2D eigenvalue weighted by Gasteiger charge is -2.16. The van der Waals surface area contributed by atoms with E-state index in [0.717, 1.165) is 36.9 Å². The van der Waals surface area contributed by atoms with Crippen molar-refractivity contribution in [2.24, 2.45) is 0 Å². The zero-order valence-corrected chi connectivity index (χ0v) is 15.7. The van der Waals surface area contributed by atoms with Crippen molar-refractivity contribution in [3.05, 3.63) is 69.3 Å². The molecule has 0 saturated carbocycles. The van der Waals surface area contributed by atoms with Crippen molar-refractivity contribution in [2.75, 3.05) is 18.6 Å². The molecule has 1 fully saturated rings. The normalized spacial score (nSPS) is 13.3. The zero-order chi connectivity index (χ0) is 21.0. The Morgan fingerprint density at radius 2 is 1.86 bits per heavy atom. The summed E-state index contributed by atoms with van der Waals surface area (Å²) in [6.45, 7) is 0.882. The molecular formula is C20H19N3O6. The van der Waals surface area contributed by atoms with Gasteiger partial charge in [-0.2, -0.15) is 0 Å². The smallest absolute Gasteiger partial charge is 0.338 e. The Morgan fingerprint density at radius 3 is 2.45 bits per heavy atom. The van der Waals surface area contributed by atoms with Gasteiger partial charge in [0.15, 0.2) is 0 Å². The van der Waals surface area contributed by atoms with Crippen molar-refractivity contribution < 1.29 is 24.0 Å². The van der Waals surface area contributed by atoms with Gasteiger partial charge >= 0.3 is 5.97 Å². The van der Waals surface area contributed by atoms with Gasteiger partial charge in [0.2, 0.25) is 5.91 Å². The number of non-ortho nitro benzene ring substituents is 1. The van der Waals surface area contributed by atoms with Crippen LogP contribution in [0.5, 0.6) is 0 Å². The summed E-state index contributed by atoms with van der Waals surface area (Å²) in [5.74, 6) is -1.23. The fraction of sp³-hybridized carbons (Fsp3) is 0.250. The second-order valence-electron chi connectivity index (χ2n) is 6.52. The molecule has 2 aromatic carbocycles. The number of methoxy groups -OCH3 is 1. The molecule has 1 heterocycles. The summed E-state index contributed by atoms with van der Waals surface area (Å²) in [6.07, 6.45) is 1.39. The molecule has 29 heavy (non-hydrogen) atoms. The summed E-state index contributed by atoms with van der Waals surface area (Å²) in [7, 11) is 1.15. The highest BCUT2D eigenvalue weighted by Crippen LogP contribution is 2.22. The van der Waals surface area contributed by atoms with Crippen LogP contribution in [0.2, 0.25) is 0 Å². The predicted molar refractivity (Wildman–Crippen MR) is 104 cm³/mol. The van der Waals surface area contributed by atoms with E-state index in [1.54, 1.807) is 17.0 Å². The Balaban J connectivity index is 1.70. The molecular weight excluding hydrogens is 378 g/mol. The topological polar surface area (TPSA) is 119 Å². The summed E-state index contributed by atoms with van der Waals surface area (Å²) in [5, 5.41) is 13.7. The first-order valence-corrected chi connectivity index (χ1v) is 8.94. The van der Waals surface area contributed by atoms with E-state index in [1.165, 1.54) is 6.07 Å². The first-order chi connectivity index (χ1) is 13.9. The Labute approximate surface area is 166 Å². The highest BCUT2D eigenvalue weighted by atomic mass is 16.6. The van der Waals surface area contributed by atoms with E-state index in [1.807, 2.05) is 12.1 Å². The van der Waals surface area contributed by atoms with Crippen LogP contribution in [0.4, 0.5) is 11.4 Å². The molecule has 0 bridgehead atoms. The third-order valence-corrected chi connectivity index (χ3v) is 4.59. The van der Waals surface area contributed by atoms with Crippen LogP contribution in [0, 0.1) is 10.1 Å². The lowest BCUT2D eigenvalue weighted by Crippen LogP contribution is -2.24. The molecule has 0 unspecified atom stereocenters. The number of nitrogens with zero attached hydrogens (tertiary/aromatic N) is 2. The minimum Gasteiger partial charge on any atom is -0.465 e. The molecule has 1 saturated heterocycles. The predicted octanol–water partition coefficient (Wildman–Crippen LogP) is 2.44. The largest absolute Gasteiger partial charge is 0.465 e. The number of ether oxygens (including phenoxy) is 1. The van der Waals surface area contributed by atoms with E-state index in [2.05, 4.69) is 10.1 Å². The van der Waals surface area contributed by atoms with Gasteiger partial charge in [0.25, 0.3) is 11.6 Å². The molecule has 0 spiro atoms. The third kappa shape index (κ3) is 4.57. The number of carbonyl (C=O) groups excluding carboxylic acids is 3. The summed E-state index contributed by atoms with van der Waals surface area (Å²) in [4.78, 5) is 48.0. The molecule has 2 amide bonds. The van der Waals surface area contributed by atoms with E-state index in [0.29, 0.717) is 13.0 Å². The van der Waals surface area contributed by atoms with Gasteiger partial charge in [-0.1, -0.05) is 12.1 Å². The van der Waals surface area contributed by atoms with Crippen molar-refractivity contribution in [3.8, 4) is 0 Å². The van der Waals surface area contributed by atoms with Gasteiger partial charge < -0.3 is 15.0 Å². The fourth-order valence-electron chi connectivity index (χ4n) is 3.08. The maximum atomic E-state index is 12.4. The molecule has 1 aliphatic rings. The molecule has 2 aromatic rings. The number of hydrogen-bond acceptors (Lipinski definition) is 6. The quantitative estimate of drug-likeness (QED) is 0.454. The van der Waals surface area contributed by atoms with Crippen LogP contribution in [0.15, 0.2) is 42.5 Å². The average Bonchev–Trinajstić information content (AvgIpc) is 3.17. The molecule has 150 valence electrons. The van der Waals surface area contributed by atoms with Crippen LogP contribution in [0.1, 0.15) is 39.1 Å². The van der Waals surface area contributed by atoms with Crippen molar-refractivity contribution in [2.45, 2.75) is 19.4 Å². The number of anilines is 1. The van der Waals surface area contributed by atoms with E-state index in [9.17, 15) is 24.5 Å². The van der Waals surface area contributed by atoms with E-state index in [-0.39, 0.29) is 29.3 Å². The Hall–Kier alpha value is -3.75. The van der Waals surface area contributed by atoms with E-state index in [4.69, 9.17) is 0 Å². The zero-order valence-electron chi connectivity index (χ0n) is 15.7. The Kier molecular flexibility index (Phi) is 5.87. The number of amides is 2. The molecule has 0 aliphatic carbocycles. The SMILES string of the molecule is COC(=O)c1cc(C(=O)NCc2ccc(N3CCCC3=O)cc2)cc([N+](=O)[O-])c1. The molecule has 0 radical (unpaired) electrons. The van der Waals surface area contributed by atoms with Crippen molar-refractivity contribution in [1.29, 1.82) is 0 Å². The number of hydrogen-bond donors (Lipinski definition) is 1. The van der Waals surface area contributed by atoms with Gasteiger partial charge in [-0.25, -0.2) is 4.79 Å². The number of rotatable bonds is 6. The Morgan fingerprint density at radius 1 is 1.17 bits per heavy atom. The van der Waals surface area contributed by atoms with Crippen LogP contribution in [0.25, 0.3) is 0 Å². The summed E-state index contributed by atoms with van der Waals surface area (Å²) >= 11 is 0. The summed E-state index contributed by atoms with van der Waals surface area (Å²) < 4.78 is 4.57. The van der Waals surface area contributed by atoms with Gasteiger partial charge in [0.05, 0.1) is 17.6 Å². The number of nitro benzene ring substituents is 1. The number of benzene rings is 2. The molecule has 0 atom stereocenters. The van der Waals surface area contributed by atoms with Gasteiger partial charge in [-0.3, -0.25) is 19.7 Å². The maximum Gasteiger partial charge on any atom is 0.338 e. The molecule has 0 aromatic heterocycles. The van der Waals surface area contributed by atoms with Crippen LogP contribution in [-0.4, -0.2) is 36.4 Å². The van der Waals surface area contributed by atoms with Crippen molar-refractivity contribution >= 4 is 29.2 Å². The molecule has 1 N–H and O–H groups in total. The highest BCUT2D eigenvalue weighted by molar-refractivity contribution is 5.99. The standard InChI is InChI=1S/C20H19N3O6/c1-29-20(26)15-9-14(10-17(11-15)23(27)28)19(25)21-12-13-4-6-16(7-5-13)22-8-2-3-18(22)24/h4-7,9-11H,2-3,8,12H2,1H3,(H,21,25).